The molecule has 0 saturated heterocycles. The number of carbonyl (C=O) groups is 3. The number of hydrogen-bond donors (Lipinski definition) is 3. The molecule has 2 aliphatic carbocycles. The Hall–Kier alpha value is -1.59. The zero-order valence-electron chi connectivity index (χ0n) is 13.0. The lowest BCUT2D eigenvalue weighted by Gasteiger charge is -2.41. The van der Waals surface area contributed by atoms with Crippen LogP contribution in [0.4, 0.5) is 0 Å². The Balaban J connectivity index is 1.64. The quantitative estimate of drug-likeness (QED) is 0.634. The van der Waals surface area contributed by atoms with Crippen molar-refractivity contribution in [2.24, 2.45) is 5.92 Å². The third kappa shape index (κ3) is 5.00. The normalized spacial score (nSPS) is 20.2. The topological polar surface area (TPSA) is 95.5 Å². The molecule has 0 atom stereocenters. The molecule has 22 heavy (non-hydrogen) atoms. The zero-order chi connectivity index (χ0) is 16.0. The van der Waals surface area contributed by atoms with Crippen LogP contribution in [0.1, 0.15) is 64.2 Å². The van der Waals surface area contributed by atoms with Crippen molar-refractivity contribution in [3.63, 3.8) is 0 Å². The zero-order valence-corrected chi connectivity index (χ0v) is 13.0. The minimum atomic E-state index is -0.902. The molecule has 2 aliphatic rings. The van der Waals surface area contributed by atoms with Gasteiger partial charge in [-0.2, -0.15) is 0 Å². The maximum atomic E-state index is 11.9. The van der Waals surface area contributed by atoms with Crippen LogP contribution in [-0.2, 0) is 14.4 Å². The molecular weight excluding hydrogens is 284 g/mol. The second-order valence-corrected chi connectivity index (χ2v) is 6.72. The fourth-order valence-electron chi connectivity index (χ4n) is 3.48. The first-order valence-corrected chi connectivity index (χ1v) is 8.29. The van der Waals surface area contributed by atoms with Crippen LogP contribution in [0, 0.1) is 5.92 Å². The molecule has 0 bridgehead atoms. The van der Waals surface area contributed by atoms with E-state index >= 15 is 0 Å². The van der Waals surface area contributed by atoms with E-state index in [0.717, 1.165) is 12.8 Å². The highest BCUT2D eigenvalue weighted by Gasteiger charge is 2.40. The molecule has 124 valence electrons. The lowest BCUT2D eigenvalue weighted by atomic mass is 9.74. The van der Waals surface area contributed by atoms with Gasteiger partial charge in [0, 0.05) is 6.42 Å². The van der Waals surface area contributed by atoms with Gasteiger partial charge in [0.2, 0.25) is 11.8 Å². The van der Waals surface area contributed by atoms with E-state index in [4.69, 9.17) is 5.11 Å². The van der Waals surface area contributed by atoms with Crippen LogP contribution in [-0.4, -0.2) is 35.0 Å². The van der Waals surface area contributed by atoms with E-state index < -0.39 is 11.5 Å². The highest BCUT2D eigenvalue weighted by molar-refractivity contribution is 5.85. The molecule has 3 N–H and O–H groups in total. The Morgan fingerprint density at radius 1 is 1.05 bits per heavy atom. The Morgan fingerprint density at radius 2 is 1.73 bits per heavy atom. The second kappa shape index (κ2) is 7.61. The summed E-state index contributed by atoms with van der Waals surface area (Å²) in [5.74, 6) is -0.632. The van der Waals surface area contributed by atoms with Crippen molar-refractivity contribution >= 4 is 17.8 Å². The molecule has 0 heterocycles. The predicted octanol–water partition coefficient (Wildman–Crippen LogP) is 1.59. The first-order chi connectivity index (χ1) is 10.5. The number of carbonyl (C=O) groups excluding carboxylic acids is 2. The largest absolute Gasteiger partial charge is 0.481 e. The lowest BCUT2D eigenvalue weighted by molar-refractivity contribution is -0.140. The van der Waals surface area contributed by atoms with Crippen LogP contribution in [0.2, 0.25) is 0 Å². The monoisotopic (exact) mass is 310 g/mol. The van der Waals surface area contributed by atoms with Crippen LogP contribution in [0.25, 0.3) is 0 Å². The number of rotatable bonds is 8. The Labute approximate surface area is 131 Å². The molecule has 2 saturated carbocycles. The highest BCUT2D eigenvalue weighted by Crippen LogP contribution is 2.34. The fourth-order valence-corrected chi connectivity index (χ4v) is 3.48. The average molecular weight is 310 g/mol. The summed E-state index contributed by atoms with van der Waals surface area (Å²) in [6.45, 7) is -0.0646. The molecule has 0 unspecified atom stereocenters. The van der Waals surface area contributed by atoms with Crippen molar-refractivity contribution in [3.05, 3.63) is 0 Å². The van der Waals surface area contributed by atoms with Crippen molar-refractivity contribution in [2.75, 3.05) is 6.54 Å². The van der Waals surface area contributed by atoms with Gasteiger partial charge in [-0.15, -0.1) is 0 Å². The van der Waals surface area contributed by atoms with E-state index in [-0.39, 0.29) is 24.8 Å². The number of amides is 2. The number of carboxylic acids is 1. The molecule has 2 amide bonds. The molecule has 0 aliphatic heterocycles. The minimum absolute atomic E-state index is 0.0473. The van der Waals surface area contributed by atoms with Crippen molar-refractivity contribution in [1.82, 2.24) is 10.6 Å². The van der Waals surface area contributed by atoms with Gasteiger partial charge in [-0.25, -0.2) is 0 Å². The molecule has 0 aromatic heterocycles. The summed E-state index contributed by atoms with van der Waals surface area (Å²) < 4.78 is 0. The van der Waals surface area contributed by atoms with Crippen molar-refractivity contribution < 1.29 is 19.5 Å². The molecular formula is C16H26N2O4. The van der Waals surface area contributed by atoms with Gasteiger partial charge in [-0.05, 0) is 31.6 Å². The summed E-state index contributed by atoms with van der Waals surface area (Å²) in [6.07, 6.45) is 8.60. The molecule has 6 nitrogen and oxygen atoms in total. The molecule has 0 radical (unpaired) electrons. The first-order valence-electron chi connectivity index (χ1n) is 8.29. The van der Waals surface area contributed by atoms with E-state index in [1.165, 1.54) is 25.7 Å². The minimum Gasteiger partial charge on any atom is -0.481 e. The van der Waals surface area contributed by atoms with E-state index in [1.54, 1.807) is 0 Å². The van der Waals surface area contributed by atoms with Gasteiger partial charge < -0.3 is 15.7 Å². The maximum absolute atomic E-state index is 11.9. The van der Waals surface area contributed by atoms with Gasteiger partial charge >= 0.3 is 5.97 Å². The van der Waals surface area contributed by atoms with Gasteiger partial charge in [0.05, 0.1) is 18.5 Å². The van der Waals surface area contributed by atoms with Gasteiger partial charge in [-0.3, -0.25) is 14.4 Å². The number of nitrogens with one attached hydrogen (secondary N) is 2. The SMILES string of the molecule is O=C(O)CC1(NC(=O)CNC(=O)CCC2CCCC2)CCC1. The second-order valence-electron chi connectivity index (χ2n) is 6.72. The molecule has 0 aromatic rings. The number of hydrogen-bond acceptors (Lipinski definition) is 3. The summed E-state index contributed by atoms with van der Waals surface area (Å²) in [4.78, 5) is 34.5. The lowest BCUT2D eigenvalue weighted by Crippen LogP contribution is -2.56. The van der Waals surface area contributed by atoms with E-state index in [9.17, 15) is 14.4 Å². The summed E-state index contributed by atoms with van der Waals surface area (Å²) in [5, 5.41) is 14.3. The van der Waals surface area contributed by atoms with Crippen LogP contribution in [0.15, 0.2) is 0 Å². The molecule has 2 fully saturated rings. The van der Waals surface area contributed by atoms with Gasteiger partial charge in [0.1, 0.15) is 0 Å². The Kier molecular flexibility index (Phi) is 5.80. The smallest absolute Gasteiger partial charge is 0.305 e. The van der Waals surface area contributed by atoms with Crippen LogP contribution < -0.4 is 10.6 Å². The summed E-state index contributed by atoms with van der Waals surface area (Å²) in [5.41, 5.74) is -0.600. The predicted molar refractivity (Wildman–Crippen MR) is 81.2 cm³/mol. The number of aliphatic carboxylic acids is 1. The summed E-state index contributed by atoms with van der Waals surface area (Å²) in [7, 11) is 0. The number of carboxylic acid groups (broad SMARTS) is 1. The van der Waals surface area contributed by atoms with Crippen LogP contribution in [0.5, 0.6) is 0 Å². The van der Waals surface area contributed by atoms with Crippen molar-refractivity contribution in [2.45, 2.75) is 69.7 Å². The fraction of sp³-hybridized carbons (Fsp3) is 0.812. The maximum Gasteiger partial charge on any atom is 0.305 e. The van der Waals surface area contributed by atoms with Crippen molar-refractivity contribution in [1.29, 1.82) is 0 Å². The van der Waals surface area contributed by atoms with Gasteiger partial charge in [-0.1, -0.05) is 25.7 Å². The van der Waals surface area contributed by atoms with Gasteiger partial charge in [0.25, 0.3) is 0 Å². The Morgan fingerprint density at radius 3 is 2.27 bits per heavy atom. The third-order valence-electron chi connectivity index (χ3n) is 4.91. The van der Waals surface area contributed by atoms with Crippen LogP contribution in [0.3, 0.4) is 0 Å². The highest BCUT2D eigenvalue weighted by atomic mass is 16.4. The molecule has 2 rings (SSSR count). The third-order valence-corrected chi connectivity index (χ3v) is 4.91. The molecule has 0 spiro atoms. The molecule has 6 heteroatoms. The van der Waals surface area contributed by atoms with Crippen molar-refractivity contribution in [3.8, 4) is 0 Å². The van der Waals surface area contributed by atoms with Crippen LogP contribution >= 0.6 is 0 Å². The van der Waals surface area contributed by atoms with E-state index in [0.29, 0.717) is 25.2 Å². The Bertz CT molecular complexity index is 426. The standard InChI is InChI=1S/C16H26N2O4/c19-13(7-6-12-4-1-2-5-12)17-11-14(20)18-16(8-3-9-16)10-15(21)22/h12H,1-11H2,(H,17,19)(H,18,20)(H,21,22). The van der Waals surface area contributed by atoms with Gasteiger partial charge in [0.15, 0.2) is 0 Å². The summed E-state index contributed by atoms with van der Waals surface area (Å²) >= 11 is 0. The molecule has 0 aromatic carbocycles. The first kappa shape index (κ1) is 16.8. The van der Waals surface area contributed by atoms with E-state index in [2.05, 4.69) is 10.6 Å². The average Bonchev–Trinajstić information content (AvgIpc) is 2.93. The van der Waals surface area contributed by atoms with E-state index in [1.807, 2.05) is 0 Å². The summed E-state index contributed by atoms with van der Waals surface area (Å²) in [6, 6.07) is 0.